The van der Waals surface area contributed by atoms with Gasteiger partial charge in [-0.2, -0.15) is 0 Å². The molecule has 1 fully saturated rings. The van der Waals surface area contributed by atoms with E-state index in [1.807, 2.05) is 13.8 Å². The van der Waals surface area contributed by atoms with E-state index in [9.17, 15) is 4.79 Å². The monoisotopic (exact) mass is 201 g/mol. The van der Waals surface area contributed by atoms with Crippen LogP contribution in [-0.4, -0.2) is 36.2 Å². The van der Waals surface area contributed by atoms with Crippen molar-refractivity contribution in [3.63, 3.8) is 0 Å². The van der Waals surface area contributed by atoms with E-state index in [4.69, 9.17) is 15.6 Å². The SMILES string of the molecule is CCC1C(C)OC(CO)C(N)C1C=O. The molecule has 0 aromatic heterocycles. The molecule has 5 atom stereocenters. The zero-order chi connectivity index (χ0) is 10.7. The summed E-state index contributed by atoms with van der Waals surface area (Å²) in [5.74, 6) is -0.0220. The highest BCUT2D eigenvalue weighted by Gasteiger charge is 2.40. The van der Waals surface area contributed by atoms with Crippen LogP contribution >= 0.6 is 0 Å². The van der Waals surface area contributed by atoms with Crippen molar-refractivity contribution >= 4 is 6.29 Å². The summed E-state index contributed by atoms with van der Waals surface area (Å²) in [6.45, 7) is 3.83. The molecular formula is C10H19NO3. The van der Waals surface area contributed by atoms with Gasteiger partial charge in [-0.05, 0) is 12.8 Å². The number of hydrogen-bond donors (Lipinski definition) is 2. The van der Waals surface area contributed by atoms with Crippen LogP contribution in [0.2, 0.25) is 0 Å². The standard InChI is InChI=1S/C10H19NO3/c1-3-7-6(2)14-9(5-13)10(11)8(7)4-12/h4,6-10,13H,3,5,11H2,1-2H3. The Morgan fingerprint density at radius 3 is 2.64 bits per heavy atom. The molecule has 1 saturated heterocycles. The molecule has 4 heteroatoms. The minimum atomic E-state index is -0.400. The summed E-state index contributed by atoms with van der Waals surface area (Å²) >= 11 is 0. The van der Waals surface area contributed by atoms with E-state index in [1.165, 1.54) is 0 Å². The maximum Gasteiger partial charge on any atom is 0.125 e. The Hall–Kier alpha value is -0.450. The second-order valence-electron chi connectivity index (χ2n) is 3.93. The predicted molar refractivity (Wildman–Crippen MR) is 52.7 cm³/mol. The molecule has 5 unspecified atom stereocenters. The van der Waals surface area contributed by atoms with Crippen molar-refractivity contribution in [1.82, 2.24) is 0 Å². The third kappa shape index (κ3) is 1.97. The number of carbonyl (C=O) groups excluding carboxylic acids is 1. The van der Waals surface area contributed by atoms with Crippen molar-refractivity contribution in [3.8, 4) is 0 Å². The molecule has 0 aliphatic carbocycles. The average Bonchev–Trinajstić information content (AvgIpc) is 2.20. The Labute approximate surface area is 84.4 Å². The molecule has 1 aliphatic rings. The van der Waals surface area contributed by atoms with Crippen molar-refractivity contribution in [3.05, 3.63) is 0 Å². The Morgan fingerprint density at radius 2 is 2.21 bits per heavy atom. The van der Waals surface area contributed by atoms with E-state index in [2.05, 4.69) is 0 Å². The molecule has 0 saturated carbocycles. The van der Waals surface area contributed by atoms with E-state index >= 15 is 0 Å². The van der Waals surface area contributed by atoms with Crippen LogP contribution in [0.5, 0.6) is 0 Å². The first-order valence-electron chi connectivity index (χ1n) is 5.12. The zero-order valence-electron chi connectivity index (χ0n) is 8.72. The van der Waals surface area contributed by atoms with E-state index in [0.717, 1.165) is 12.7 Å². The normalized spacial score (nSPS) is 43.6. The van der Waals surface area contributed by atoms with Crippen LogP contribution in [0, 0.1) is 11.8 Å². The smallest absolute Gasteiger partial charge is 0.125 e. The first-order chi connectivity index (χ1) is 6.65. The second-order valence-corrected chi connectivity index (χ2v) is 3.93. The van der Waals surface area contributed by atoms with Crippen LogP contribution < -0.4 is 5.73 Å². The topological polar surface area (TPSA) is 72.6 Å². The van der Waals surface area contributed by atoms with Crippen molar-refractivity contribution in [2.45, 2.75) is 38.5 Å². The van der Waals surface area contributed by atoms with Crippen molar-refractivity contribution in [2.24, 2.45) is 17.6 Å². The van der Waals surface area contributed by atoms with Crippen molar-refractivity contribution < 1.29 is 14.6 Å². The summed E-state index contributed by atoms with van der Waals surface area (Å²) in [4.78, 5) is 10.9. The van der Waals surface area contributed by atoms with Crippen LogP contribution in [-0.2, 0) is 9.53 Å². The van der Waals surface area contributed by atoms with Gasteiger partial charge in [-0.1, -0.05) is 13.3 Å². The van der Waals surface area contributed by atoms with Crippen LogP contribution in [0.4, 0.5) is 0 Å². The lowest BCUT2D eigenvalue weighted by Crippen LogP contribution is -2.56. The summed E-state index contributed by atoms with van der Waals surface area (Å²) in [5, 5.41) is 9.03. The Morgan fingerprint density at radius 1 is 1.57 bits per heavy atom. The van der Waals surface area contributed by atoms with E-state index < -0.39 is 6.10 Å². The van der Waals surface area contributed by atoms with Crippen molar-refractivity contribution in [2.75, 3.05) is 6.61 Å². The largest absolute Gasteiger partial charge is 0.394 e. The van der Waals surface area contributed by atoms with Gasteiger partial charge in [0, 0.05) is 12.0 Å². The van der Waals surface area contributed by atoms with Gasteiger partial charge in [0.15, 0.2) is 0 Å². The van der Waals surface area contributed by atoms with Crippen LogP contribution in [0.3, 0.4) is 0 Å². The fourth-order valence-corrected chi connectivity index (χ4v) is 2.27. The minimum Gasteiger partial charge on any atom is -0.394 e. The molecular weight excluding hydrogens is 182 g/mol. The summed E-state index contributed by atoms with van der Waals surface area (Å²) in [6, 6.07) is -0.376. The fourth-order valence-electron chi connectivity index (χ4n) is 2.27. The molecule has 0 spiro atoms. The molecule has 0 bridgehead atoms. The highest BCUT2D eigenvalue weighted by Crippen LogP contribution is 2.30. The molecule has 0 aromatic rings. The highest BCUT2D eigenvalue weighted by molar-refractivity contribution is 5.56. The molecule has 0 aromatic carbocycles. The van der Waals surface area contributed by atoms with Gasteiger partial charge in [0.05, 0.1) is 18.8 Å². The fraction of sp³-hybridized carbons (Fsp3) is 0.900. The third-order valence-corrected chi connectivity index (χ3v) is 3.17. The van der Waals surface area contributed by atoms with Crippen LogP contribution in [0.1, 0.15) is 20.3 Å². The third-order valence-electron chi connectivity index (χ3n) is 3.17. The van der Waals surface area contributed by atoms with Gasteiger partial charge in [-0.25, -0.2) is 0 Å². The summed E-state index contributed by atoms with van der Waals surface area (Å²) in [5.41, 5.74) is 5.86. The Kier molecular flexibility index (Phi) is 4.04. The maximum absolute atomic E-state index is 10.9. The molecule has 14 heavy (non-hydrogen) atoms. The van der Waals surface area contributed by atoms with Gasteiger partial charge >= 0.3 is 0 Å². The van der Waals surface area contributed by atoms with Gasteiger partial charge < -0.3 is 20.4 Å². The molecule has 1 heterocycles. The molecule has 0 amide bonds. The van der Waals surface area contributed by atoms with Gasteiger partial charge in [0.25, 0.3) is 0 Å². The van der Waals surface area contributed by atoms with Crippen molar-refractivity contribution in [1.29, 1.82) is 0 Å². The number of ether oxygens (including phenoxy) is 1. The Balaban J connectivity index is 2.78. The zero-order valence-corrected chi connectivity index (χ0v) is 8.72. The molecule has 1 aliphatic heterocycles. The van der Waals surface area contributed by atoms with Crippen LogP contribution in [0.15, 0.2) is 0 Å². The Bertz CT molecular complexity index is 198. The lowest BCUT2D eigenvalue weighted by molar-refractivity contribution is -0.142. The predicted octanol–water partition coefficient (Wildman–Crippen LogP) is -0.0654. The lowest BCUT2D eigenvalue weighted by atomic mass is 9.78. The quantitative estimate of drug-likeness (QED) is 0.627. The summed E-state index contributed by atoms with van der Waals surface area (Å²) in [6.07, 6.45) is 1.37. The number of aldehydes is 1. The molecule has 82 valence electrons. The van der Waals surface area contributed by atoms with Gasteiger partial charge in [0.1, 0.15) is 6.29 Å². The first kappa shape index (κ1) is 11.6. The first-order valence-corrected chi connectivity index (χ1v) is 5.12. The molecule has 0 radical (unpaired) electrons. The van der Waals surface area contributed by atoms with Gasteiger partial charge in [0.2, 0.25) is 0 Å². The molecule has 1 rings (SSSR count). The number of hydrogen-bond acceptors (Lipinski definition) is 4. The summed E-state index contributed by atoms with van der Waals surface area (Å²) in [7, 11) is 0. The van der Waals surface area contributed by atoms with E-state index in [-0.39, 0.29) is 30.6 Å². The average molecular weight is 201 g/mol. The molecule has 4 nitrogen and oxygen atoms in total. The van der Waals surface area contributed by atoms with Gasteiger partial charge in [-0.15, -0.1) is 0 Å². The molecule has 3 N–H and O–H groups in total. The van der Waals surface area contributed by atoms with Crippen LogP contribution in [0.25, 0.3) is 0 Å². The minimum absolute atomic E-state index is 0.00727. The highest BCUT2D eigenvalue weighted by atomic mass is 16.5. The maximum atomic E-state index is 10.9. The number of carbonyl (C=O) groups is 1. The van der Waals surface area contributed by atoms with Gasteiger partial charge in [-0.3, -0.25) is 0 Å². The lowest BCUT2D eigenvalue weighted by Gasteiger charge is -2.41. The van der Waals surface area contributed by atoms with E-state index in [0.29, 0.717) is 0 Å². The number of rotatable bonds is 3. The van der Waals surface area contributed by atoms with E-state index in [1.54, 1.807) is 0 Å². The summed E-state index contributed by atoms with van der Waals surface area (Å²) < 4.78 is 5.55. The second kappa shape index (κ2) is 4.87. The number of aliphatic hydroxyl groups is 1. The number of nitrogens with two attached hydrogens (primary N) is 1. The number of aliphatic hydroxyl groups excluding tert-OH is 1.